The van der Waals surface area contributed by atoms with Gasteiger partial charge in [-0.25, -0.2) is 0 Å². The molecule has 2 heterocycles. The average Bonchev–Trinajstić information content (AvgIpc) is 3.27. The molecule has 24 heavy (non-hydrogen) atoms. The summed E-state index contributed by atoms with van der Waals surface area (Å²) >= 11 is 0. The van der Waals surface area contributed by atoms with Crippen LogP contribution in [-0.2, 0) is 0 Å². The Hall–Kier alpha value is -2.02. The van der Waals surface area contributed by atoms with Crippen LogP contribution in [0.5, 0.6) is 0 Å². The van der Waals surface area contributed by atoms with Crippen molar-refractivity contribution in [2.75, 3.05) is 0 Å². The van der Waals surface area contributed by atoms with Crippen LogP contribution in [-0.4, -0.2) is 4.90 Å². The lowest BCUT2D eigenvalue weighted by molar-refractivity contribution is 0.607. The van der Waals surface area contributed by atoms with E-state index in [1.54, 1.807) is 11.1 Å². The maximum atomic E-state index is 2.50. The number of allylic oxidation sites excluding steroid dienone is 11. The molecule has 1 heteroatoms. The summed E-state index contributed by atoms with van der Waals surface area (Å²) in [6.45, 7) is 9.32. The molecule has 3 aliphatic carbocycles. The fourth-order valence-electron chi connectivity index (χ4n) is 4.74. The molecule has 0 aromatic carbocycles. The van der Waals surface area contributed by atoms with E-state index in [9.17, 15) is 0 Å². The molecule has 3 atom stereocenters. The molecule has 0 aromatic heterocycles. The summed E-state index contributed by atoms with van der Waals surface area (Å²) < 4.78 is 0. The van der Waals surface area contributed by atoms with Crippen molar-refractivity contribution in [2.24, 2.45) is 23.2 Å². The molecule has 0 amide bonds. The Morgan fingerprint density at radius 2 is 1.96 bits per heavy atom. The average molecular weight is 315 g/mol. The van der Waals surface area contributed by atoms with Crippen molar-refractivity contribution in [1.82, 2.24) is 4.90 Å². The van der Waals surface area contributed by atoms with E-state index < -0.39 is 0 Å². The molecule has 5 aliphatic rings. The predicted octanol–water partition coefficient (Wildman–Crippen LogP) is 5.65. The van der Waals surface area contributed by atoms with Gasteiger partial charge in [-0.05, 0) is 40.5 Å². The molecule has 0 spiro atoms. The second-order valence-electron chi connectivity index (χ2n) is 8.49. The van der Waals surface area contributed by atoms with Crippen molar-refractivity contribution in [3.05, 3.63) is 82.4 Å². The van der Waals surface area contributed by atoms with Crippen molar-refractivity contribution in [2.45, 2.75) is 34.1 Å². The zero-order valence-corrected chi connectivity index (χ0v) is 15.0. The van der Waals surface area contributed by atoms with Crippen molar-refractivity contribution < 1.29 is 0 Å². The summed E-state index contributed by atoms with van der Waals surface area (Å²) in [5, 5.41) is 0. The molecule has 2 aliphatic heterocycles. The predicted molar refractivity (Wildman–Crippen MR) is 99.7 cm³/mol. The number of nitrogens with zero attached hydrogens (tertiary/aromatic N) is 1. The Morgan fingerprint density at radius 1 is 1.12 bits per heavy atom. The van der Waals surface area contributed by atoms with E-state index in [0.29, 0.717) is 17.8 Å². The summed E-state index contributed by atoms with van der Waals surface area (Å²) in [5.74, 6) is 1.40. The summed E-state index contributed by atoms with van der Waals surface area (Å²) in [6.07, 6.45) is 20.4. The first-order valence-corrected chi connectivity index (χ1v) is 9.22. The third kappa shape index (κ3) is 1.94. The third-order valence-electron chi connectivity index (χ3n) is 5.90. The SMILES string of the molecule is CC1C=C2C3=C4C(=C1)N1C=C1C4C=CC/C3=C/C(C)(C)/C=C\C2C. The largest absolute Gasteiger partial charge is 0.317 e. The molecular formula is C23H25N. The molecule has 1 saturated heterocycles. The molecule has 122 valence electrons. The van der Waals surface area contributed by atoms with Crippen molar-refractivity contribution in [1.29, 1.82) is 0 Å². The Morgan fingerprint density at radius 3 is 2.79 bits per heavy atom. The maximum Gasteiger partial charge on any atom is 0.0507 e. The standard InChI is InChI=1S/C23H25N/c1-14-10-18-15(2)8-9-23(3,4)12-16-6-5-7-17-20-13-24(20)19(11-14)22(17)21(16)18/h5,7-15,17H,6H2,1-4H3/b9-8-,16-12-. The summed E-state index contributed by atoms with van der Waals surface area (Å²) in [4.78, 5) is 2.41. The molecule has 1 fully saturated rings. The normalized spacial score (nSPS) is 38.3. The van der Waals surface area contributed by atoms with Crippen molar-refractivity contribution >= 4 is 0 Å². The molecular weight excluding hydrogens is 290 g/mol. The van der Waals surface area contributed by atoms with E-state index in [2.05, 4.69) is 81.3 Å². The fourth-order valence-corrected chi connectivity index (χ4v) is 4.74. The first-order valence-electron chi connectivity index (χ1n) is 9.22. The van der Waals surface area contributed by atoms with Gasteiger partial charge in [-0.1, -0.05) is 70.2 Å². The minimum absolute atomic E-state index is 0.110. The van der Waals surface area contributed by atoms with Gasteiger partial charge >= 0.3 is 0 Å². The molecule has 0 N–H and O–H groups in total. The van der Waals surface area contributed by atoms with Gasteiger partial charge in [0.2, 0.25) is 0 Å². The zero-order valence-electron chi connectivity index (χ0n) is 15.0. The second-order valence-corrected chi connectivity index (χ2v) is 8.49. The summed E-state index contributed by atoms with van der Waals surface area (Å²) in [6, 6.07) is 0. The highest BCUT2D eigenvalue weighted by Crippen LogP contribution is 2.56. The van der Waals surface area contributed by atoms with Crippen LogP contribution >= 0.6 is 0 Å². The van der Waals surface area contributed by atoms with Gasteiger partial charge in [-0.2, -0.15) is 0 Å². The molecule has 5 rings (SSSR count). The Balaban J connectivity index is 1.84. The van der Waals surface area contributed by atoms with Gasteiger partial charge in [-0.3, -0.25) is 0 Å². The molecule has 0 bridgehead atoms. The first-order chi connectivity index (χ1) is 11.4. The molecule has 1 nitrogen and oxygen atoms in total. The van der Waals surface area contributed by atoms with Crippen LogP contribution in [0, 0.1) is 23.2 Å². The van der Waals surface area contributed by atoms with Crippen LogP contribution in [0.15, 0.2) is 82.4 Å². The van der Waals surface area contributed by atoms with E-state index in [1.165, 1.54) is 22.5 Å². The zero-order chi connectivity index (χ0) is 16.6. The van der Waals surface area contributed by atoms with Gasteiger partial charge in [0, 0.05) is 23.2 Å². The highest BCUT2D eigenvalue weighted by atomic mass is 15.3. The maximum absolute atomic E-state index is 2.50. The van der Waals surface area contributed by atoms with Gasteiger partial charge in [-0.15, -0.1) is 0 Å². The van der Waals surface area contributed by atoms with E-state index in [0.717, 1.165) is 6.42 Å². The van der Waals surface area contributed by atoms with Crippen LogP contribution in [0.25, 0.3) is 0 Å². The third-order valence-corrected chi connectivity index (χ3v) is 5.90. The van der Waals surface area contributed by atoms with Crippen molar-refractivity contribution in [3.63, 3.8) is 0 Å². The fraction of sp³-hybridized carbons (Fsp3) is 0.391. The van der Waals surface area contributed by atoms with Gasteiger partial charge < -0.3 is 4.90 Å². The highest BCUT2D eigenvalue weighted by Gasteiger charge is 2.46. The van der Waals surface area contributed by atoms with Gasteiger partial charge in [0.25, 0.3) is 0 Å². The number of hydrogen-bond acceptors (Lipinski definition) is 1. The first kappa shape index (κ1) is 14.3. The topological polar surface area (TPSA) is 3.01 Å². The van der Waals surface area contributed by atoms with Gasteiger partial charge in [0.15, 0.2) is 0 Å². The lowest BCUT2D eigenvalue weighted by Gasteiger charge is -2.28. The van der Waals surface area contributed by atoms with Crippen LogP contribution in [0.1, 0.15) is 34.1 Å². The molecule has 0 aromatic rings. The van der Waals surface area contributed by atoms with E-state index in [-0.39, 0.29) is 5.41 Å². The summed E-state index contributed by atoms with van der Waals surface area (Å²) in [7, 11) is 0. The monoisotopic (exact) mass is 315 g/mol. The molecule has 0 saturated carbocycles. The smallest absolute Gasteiger partial charge is 0.0507 e. The molecule has 0 radical (unpaired) electrons. The highest BCUT2D eigenvalue weighted by molar-refractivity contribution is 5.69. The minimum atomic E-state index is 0.110. The van der Waals surface area contributed by atoms with Crippen molar-refractivity contribution in [3.8, 4) is 0 Å². The number of fused-ring (bicyclic) bond motifs is 3. The van der Waals surface area contributed by atoms with E-state index in [4.69, 9.17) is 0 Å². The van der Waals surface area contributed by atoms with Gasteiger partial charge in [0.05, 0.1) is 5.70 Å². The summed E-state index contributed by atoms with van der Waals surface area (Å²) in [5.41, 5.74) is 9.17. The molecule has 3 unspecified atom stereocenters. The number of rotatable bonds is 0. The lowest BCUT2D eigenvalue weighted by Crippen LogP contribution is -2.14. The van der Waals surface area contributed by atoms with E-state index >= 15 is 0 Å². The Labute approximate surface area is 145 Å². The lowest BCUT2D eigenvalue weighted by atomic mass is 9.76. The number of hydrogen-bond donors (Lipinski definition) is 0. The Kier molecular flexibility index (Phi) is 2.71. The van der Waals surface area contributed by atoms with E-state index in [1.807, 2.05) is 0 Å². The van der Waals surface area contributed by atoms with Crippen LogP contribution < -0.4 is 0 Å². The minimum Gasteiger partial charge on any atom is -0.317 e. The van der Waals surface area contributed by atoms with Crippen LogP contribution in [0.3, 0.4) is 0 Å². The quantitative estimate of drug-likeness (QED) is 0.522. The van der Waals surface area contributed by atoms with Gasteiger partial charge in [0.1, 0.15) is 0 Å². The van der Waals surface area contributed by atoms with Crippen LogP contribution in [0.2, 0.25) is 0 Å². The second kappa shape index (κ2) is 4.53. The Bertz CT molecular complexity index is 850. The van der Waals surface area contributed by atoms with Crippen LogP contribution in [0.4, 0.5) is 0 Å².